The minimum Gasteiger partial charge on any atom is -0.390 e. The van der Waals surface area contributed by atoms with E-state index in [1.165, 1.54) is 16.7 Å². The van der Waals surface area contributed by atoms with Crippen LogP contribution in [0.4, 0.5) is 0 Å². The van der Waals surface area contributed by atoms with Crippen LogP contribution in [-0.2, 0) is 11.2 Å². The van der Waals surface area contributed by atoms with Gasteiger partial charge < -0.3 is 10.0 Å². The lowest BCUT2D eigenvalue weighted by Gasteiger charge is -2.28. The highest BCUT2D eigenvalue weighted by molar-refractivity contribution is 8.00. The van der Waals surface area contributed by atoms with Crippen LogP contribution in [0.1, 0.15) is 17.2 Å². The number of halogens is 2. The zero-order valence-electron chi connectivity index (χ0n) is 11.3. The second-order valence-corrected chi connectivity index (χ2v) is 6.66. The largest absolute Gasteiger partial charge is 0.390 e. The Bertz CT molecular complexity index is 603. The lowest BCUT2D eigenvalue weighted by molar-refractivity contribution is -0.131. The molecule has 2 atom stereocenters. The number of aliphatic hydroxyl groups is 1. The number of amides is 1. The highest BCUT2D eigenvalue weighted by atomic mass is 35.5. The van der Waals surface area contributed by atoms with Crippen molar-refractivity contribution in [2.24, 2.45) is 0 Å². The molecular weight excluding hydrogens is 331 g/mol. The normalized spacial score (nSPS) is 20.0. The highest BCUT2D eigenvalue weighted by Gasteiger charge is 2.37. The molecule has 0 saturated heterocycles. The van der Waals surface area contributed by atoms with Gasteiger partial charge in [-0.2, -0.15) is 5.26 Å². The zero-order chi connectivity index (χ0) is 15.6. The highest BCUT2D eigenvalue weighted by Crippen LogP contribution is 2.40. The molecule has 1 amide bonds. The minimum absolute atomic E-state index is 0.136. The first-order chi connectivity index (χ1) is 9.95. The van der Waals surface area contributed by atoms with E-state index >= 15 is 0 Å². The lowest BCUT2D eigenvalue weighted by atomic mass is 10.1. The van der Waals surface area contributed by atoms with Crippen molar-refractivity contribution < 1.29 is 9.90 Å². The summed E-state index contributed by atoms with van der Waals surface area (Å²) in [5.41, 5.74) is 1.63. The van der Waals surface area contributed by atoms with E-state index in [1.807, 2.05) is 6.07 Å². The molecule has 0 spiro atoms. The van der Waals surface area contributed by atoms with Crippen LogP contribution in [0.3, 0.4) is 0 Å². The lowest BCUT2D eigenvalue weighted by Crippen LogP contribution is -2.37. The molecular formula is C14H14Cl2N2O2S. The molecule has 0 saturated carbocycles. The van der Waals surface area contributed by atoms with E-state index in [-0.39, 0.29) is 17.4 Å². The fraction of sp³-hybridized carbons (Fsp3) is 0.429. The summed E-state index contributed by atoms with van der Waals surface area (Å²) in [6.07, 6.45) is -0.301. The molecule has 1 N–H and O–H groups in total. The number of hydrogen-bond donors (Lipinski definition) is 1. The fourth-order valence-electron chi connectivity index (χ4n) is 2.54. The Balaban J connectivity index is 2.22. The minimum atomic E-state index is -0.703. The molecule has 1 aliphatic carbocycles. The van der Waals surface area contributed by atoms with Crippen LogP contribution < -0.4 is 0 Å². The summed E-state index contributed by atoms with van der Waals surface area (Å²) in [4.78, 5) is 13.7. The van der Waals surface area contributed by atoms with Crippen LogP contribution in [0, 0.1) is 11.3 Å². The van der Waals surface area contributed by atoms with Gasteiger partial charge in [-0.15, -0.1) is 11.8 Å². The summed E-state index contributed by atoms with van der Waals surface area (Å²) in [5, 5.41) is 19.8. The Morgan fingerprint density at radius 3 is 2.95 bits per heavy atom. The Labute approximate surface area is 137 Å². The quantitative estimate of drug-likeness (QED) is 0.852. The van der Waals surface area contributed by atoms with Crippen LogP contribution >= 0.6 is 35.0 Å². The number of rotatable bonds is 4. The molecule has 1 aromatic rings. The predicted molar refractivity (Wildman–Crippen MR) is 84.6 cm³/mol. The van der Waals surface area contributed by atoms with Crippen molar-refractivity contribution in [3.8, 4) is 6.07 Å². The molecule has 0 heterocycles. The smallest absolute Gasteiger partial charge is 0.232 e. The molecule has 0 unspecified atom stereocenters. The fourth-order valence-corrected chi connectivity index (χ4v) is 3.70. The number of hydrogen-bond acceptors (Lipinski definition) is 4. The van der Waals surface area contributed by atoms with Crippen molar-refractivity contribution in [3.63, 3.8) is 0 Å². The van der Waals surface area contributed by atoms with Gasteiger partial charge in [0.05, 0.1) is 29.7 Å². The van der Waals surface area contributed by atoms with Crippen LogP contribution in [0.25, 0.3) is 0 Å². The van der Waals surface area contributed by atoms with Gasteiger partial charge in [0.15, 0.2) is 0 Å². The molecule has 21 heavy (non-hydrogen) atoms. The van der Waals surface area contributed by atoms with Gasteiger partial charge in [0, 0.05) is 23.5 Å². The molecule has 0 fully saturated rings. The number of carbonyl (C=O) groups is 1. The molecule has 112 valence electrons. The molecule has 0 aliphatic heterocycles. The number of likely N-dealkylation sites (N-methyl/N-ethyl adjacent to an activating group) is 1. The standard InChI is InChI=1S/C14H14Cl2N2O2S/c1-18(13(20)7-21-3-2-17)14-10-4-8(15)5-11(16)9(10)6-12(14)19/h4-5,12,14,19H,3,6-7H2,1H3/t12-,14+/m1/s1. The van der Waals surface area contributed by atoms with Gasteiger partial charge in [-0.3, -0.25) is 4.79 Å². The Kier molecular flexibility index (Phi) is 5.39. The molecule has 2 rings (SSSR count). The first kappa shape index (κ1) is 16.4. The maximum Gasteiger partial charge on any atom is 0.232 e. The molecule has 7 heteroatoms. The molecule has 0 aromatic heterocycles. The van der Waals surface area contributed by atoms with Crippen molar-refractivity contribution in [1.82, 2.24) is 4.90 Å². The van der Waals surface area contributed by atoms with E-state index in [4.69, 9.17) is 28.5 Å². The Hall–Kier alpha value is -0.930. The van der Waals surface area contributed by atoms with Gasteiger partial charge in [-0.1, -0.05) is 23.2 Å². The summed E-state index contributed by atoms with van der Waals surface area (Å²) in [5.74, 6) is 0.334. The van der Waals surface area contributed by atoms with E-state index in [0.29, 0.717) is 16.5 Å². The number of carbonyl (C=O) groups excluding carboxylic acids is 1. The van der Waals surface area contributed by atoms with Crippen molar-refractivity contribution in [2.45, 2.75) is 18.6 Å². The maximum atomic E-state index is 12.1. The van der Waals surface area contributed by atoms with Gasteiger partial charge >= 0.3 is 0 Å². The van der Waals surface area contributed by atoms with E-state index in [0.717, 1.165) is 11.1 Å². The molecule has 0 radical (unpaired) electrons. The summed E-state index contributed by atoms with van der Waals surface area (Å²) in [6.45, 7) is 0. The predicted octanol–water partition coefficient (Wildman–Crippen LogP) is 2.67. The van der Waals surface area contributed by atoms with E-state index in [1.54, 1.807) is 19.2 Å². The van der Waals surface area contributed by atoms with Crippen molar-refractivity contribution in [3.05, 3.63) is 33.3 Å². The number of aliphatic hydroxyl groups excluding tert-OH is 1. The van der Waals surface area contributed by atoms with Crippen molar-refractivity contribution in [1.29, 1.82) is 5.26 Å². The SMILES string of the molecule is CN(C(=O)CSCC#N)[C@H]1c2cc(Cl)cc(Cl)c2C[C@H]1O. The zero-order valence-corrected chi connectivity index (χ0v) is 13.7. The van der Waals surface area contributed by atoms with E-state index < -0.39 is 12.1 Å². The van der Waals surface area contributed by atoms with Gasteiger partial charge in [-0.05, 0) is 23.3 Å². The third-order valence-corrected chi connectivity index (χ3v) is 4.83. The summed E-state index contributed by atoms with van der Waals surface area (Å²) < 4.78 is 0. The van der Waals surface area contributed by atoms with Crippen LogP contribution in [0.5, 0.6) is 0 Å². The van der Waals surface area contributed by atoms with Gasteiger partial charge in [-0.25, -0.2) is 0 Å². The molecule has 1 aromatic carbocycles. The van der Waals surface area contributed by atoms with Crippen LogP contribution in [0.2, 0.25) is 10.0 Å². The second-order valence-electron chi connectivity index (χ2n) is 4.83. The third-order valence-electron chi connectivity index (χ3n) is 3.49. The first-order valence-electron chi connectivity index (χ1n) is 6.32. The van der Waals surface area contributed by atoms with Crippen LogP contribution in [0.15, 0.2) is 12.1 Å². The second kappa shape index (κ2) is 6.89. The Morgan fingerprint density at radius 1 is 1.57 bits per heavy atom. The van der Waals surface area contributed by atoms with Crippen molar-refractivity contribution >= 4 is 40.9 Å². The average molecular weight is 345 g/mol. The van der Waals surface area contributed by atoms with Crippen molar-refractivity contribution in [2.75, 3.05) is 18.6 Å². The van der Waals surface area contributed by atoms with Gasteiger partial charge in [0.1, 0.15) is 0 Å². The average Bonchev–Trinajstić information content (AvgIpc) is 2.74. The maximum absolute atomic E-state index is 12.1. The van der Waals surface area contributed by atoms with Gasteiger partial charge in [0.2, 0.25) is 5.91 Å². The van der Waals surface area contributed by atoms with E-state index in [9.17, 15) is 9.90 Å². The first-order valence-corrected chi connectivity index (χ1v) is 8.23. The molecule has 1 aliphatic rings. The number of nitriles is 1. The molecule has 4 nitrogen and oxygen atoms in total. The van der Waals surface area contributed by atoms with E-state index in [2.05, 4.69) is 0 Å². The molecule has 0 bridgehead atoms. The Morgan fingerprint density at radius 2 is 2.29 bits per heavy atom. The van der Waals surface area contributed by atoms with Gasteiger partial charge in [0.25, 0.3) is 0 Å². The summed E-state index contributed by atoms with van der Waals surface area (Å²) in [6, 6.07) is 4.91. The topological polar surface area (TPSA) is 64.3 Å². The summed E-state index contributed by atoms with van der Waals surface area (Å²) >= 11 is 13.4. The number of fused-ring (bicyclic) bond motifs is 1. The number of nitrogens with zero attached hydrogens (tertiary/aromatic N) is 2. The summed E-state index contributed by atoms with van der Waals surface area (Å²) in [7, 11) is 1.65. The third kappa shape index (κ3) is 3.46. The number of thioether (sulfide) groups is 1. The monoisotopic (exact) mass is 344 g/mol. The van der Waals surface area contributed by atoms with Crippen LogP contribution in [-0.4, -0.2) is 40.6 Å². The number of benzene rings is 1.